The number of aromatic hydroxyl groups is 1. The van der Waals surface area contributed by atoms with Crippen LogP contribution in [0.3, 0.4) is 0 Å². The zero-order valence-corrected chi connectivity index (χ0v) is 18.4. The van der Waals surface area contributed by atoms with Crippen molar-refractivity contribution >= 4 is 24.1 Å². The number of rotatable bonds is 10. The summed E-state index contributed by atoms with van der Waals surface area (Å²) < 4.78 is 26.2. The number of carbonyl (C=O) groups excluding carboxylic acids is 2. The van der Waals surface area contributed by atoms with Crippen molar-refractivity contribution < 1.29 is 38.4 Å². The molecule has 0 aliphatic rings. The first kappa shape index (κ1) is 24.3. The average molecular weight is 442 g/mol. The third kappa shape index (κ3) is 6.80. The number of hydrogen-bond acceptors (Lipinski definition) is 8. The van der Waals surface area contributed by atoms with E-state index in [2.05, 4.69) is 0 Å². The molecule has 0 aliphatic carbocycles. The Morgan fingerprint density at radius 2 is 1.31 bits per heavy atom. The third-order valence-corrected chi connectivity index (χ3v) is 4.09. The van der Waals surface area contributed by atoms with Crippen LogP contribution in [0.1, 0.15) is 25.0 Å². The van der Waals surface area contributed by atoms with Gasteiger partial charge in [0.2, 0.25) is 5.75 Å². The van der Waals surface area contributed by atoms with E-state index in [1.54, 1.807) is 50.3 Å². The normalized spacial score (nSPS) is 10.9. The number of phenolic OH excluding ortho intramolecular Hbond substituents is 1. The summed E-state index contributed by atoms with van der Waals surface area (Å²) in [6.45, 7) is 4.00. The molecule has 0 aromatic heterocycles. The maximum atomic E-state index is 11.6. The van der Waals surface area contributed by atoms with Crippen LogP contribution in [-0.4, -0.2) is 44.5 Å². The molecule has 0 aliphatic heterocycles. The molecule has 0 amide bonds. The second-order valence-corrected chi connectivity index (χ2v) is 6.25. The fourth-order valence-electron chi connectivity index (χ4n) is 2.63. The van der Waals surface area contributed by atoms with Gasteiger partial charge in [0, 0.05) is 12.2 Å². The molecule has 32 heavy (non-hydrogen) atoms. The van der Waals surface area contributed by atoms with Crippen molar-refractivity contribution in [3.05, 3.63) is 53.6 Å². The highest BCUT2D eigenvalue weighted by atomic mass is 16.5. The predicted octanol–water partition coefficient (Wildman–Crippen LogP) is 4.35. The Bertz CT molecular complexity index is 1010. The molecule has 0 radical (unpaired) electrons. The maximum absolute atomic E-state index is 11.6. The van der Waals surface area contributed by atoms with E-state index >= 15 is 0 Å². The van der Waals surface area contributed by atoms with E-state index in [0.29, 0.717) is 29.2 Å². The number of hydrogen-bond donors (Lipinski definition) is 1. The van der Waals surface area contributed by atoms with Gasteiger partial charge >= 0.3 is 11.9 Å². The zero-order chi connectivity index (χ0) is 23.5. The summed E-state index contributed by atoms with van der Waals surface area (Å²) in [5.74, 6) is -0.188. The van der Waals surface area contributed by atoms with Gasteiger partial charge in [-0.3, -0.25) is 0 Å². The first-order valence-electron chi connectivity index (χ1n) is 9.88. The zero-order valence-electron chi connectivity index (χ0n) is 18.4. The van der Waals surface area contributed by atoms with Gasteiger partial charge < -0.3 is 28.8 Å². The van der Waals surface area contributed by atoms with Crippen molar-refractivity contribution in [3.63, 3.8) is 0 Å². The van der Waals surface area contributed by atoms with Crippen molar-refractivity contribution in [2.75, 3.05) is 27.4 Å². The van der Waals surface area contributed by atoms with Crippen molar-refractivity contribution in [1.82, 2.24) is 0 Å². The molecule has 1 N–H and O–H groups in total. The first-order chi connectivity index (χ1) is 15.4. The average Bonchev–Trinajstić information content (AvgIpc) is 2.79. The van der Waals surface area contributed by atoms with Crippen LogP contribution in [-0.2, 0) is 19.1 Å². The smallest absolute Gasteiger partial charge is 0.330 e. The van der Waals surface area contributed by atoms with Gasteiger partial charge in [0.25, 0.3) is 0 Å². The van der Waals surface area contributed by atoms with Crippen LogP contribution in [0.4, 0.5) is 0 Å². The van der Waals surface area contributed by atoms with Gasteiger partial charge in [-0.1, -0.05) is 6.07 Å². The van der Waals surface area contributed by atoms with Gasteiger partial charge in [-0.2, -0.15) is 0 Å². The van der Waals surface area contributed by atoms with E-state index in [9.17, 15) is 14.7 Å². The molecular weight excluding hydrogens is 416 g/mol. The van der Waals surface area contributed by atoms with E-state index in [4.69, 9.17) is 23.7 Å². The number of benzene rings is 2. The van der Waals surface area contributed by atoms with E-state index in [1.165, 1.54) is 32.4 Å². The highest BCUT2D eigenvalue weighted by molar-refractivity contribution is 5.88. The standard InChI is InChI=1S/C24H26O8/c1-5-30-22(25)11-8-16-7-10-18(19(13-16)28-3)32-21-15-17(9-12-23(26)31-6-2)14-20(29-4)24(21)27/h7-15,27H,5-6H2,1-4H3/b11-8+,12-9+. The Kier molecular flexibility index (Phi) is 9.16. The van der Waals surface area contributed by atoms with Crippen LogP contribution in [0.5, 0.6) is 28.7 Å². The number of ether oxygens (including phenoxy) is 5. The minimum Gasteiger partial charge on any atom is -0.502 e. The lowest BCUT2D eigenvalue weighted by Gasteiger charge is -2.14. The largest absolute Gasteiger partial charge is 0.502 e. The number of phenols is 1. The molecule has 0 atom stereocenters. The van der Waals surface area contributed by atoms with Gasteiger partial charge in [0.05, 0.1) is 27.4 Å². The molecule has 0 fully saturated rings. The van der Waals surface area contributed by atoms with Crippen LogP contribution < -0.4 is 14.2 Å². The second kappa shape index (κ2) is 12.0. The van der Waals surface area contributed by atoms with Crippen molar-refractivity contribution in [2.45, 2.75) is 13.8 Å². The van der Waals surface area contributed by atoms with E-state index in [-0.39, 0.29) is 23.9 Å². The minimum absolute atomic E-state index is 0.0981. The van der Waals surface area contributed by atoms with E-state index < -0.39 is 11.9 Å². The monoisotopic (exact) mass is 442 g/mol. The van der Waals surface area contributed by atoms with Crippen LogP contribution >= 0.6 is 0 Å². The van der Waals surface area contributed by atoms with Gasteiger partial charge in [0.1, 0.15) is 0 Å². The number of esters is 2. The molecular formula is C24H26O8. The highest BCUT2D eigenvalue weighted by Crippen LogP contribution is 2.42. The summed E-state index contributed by atoms with van der Waals surface area (Å²) in [5, 5.41) is 10.5. The maximum Gasteiger partial charge on any atom is 0.330 e. The predicted molar refractivity (Wildman–Crippen MR) is 119 cm³/mol. The van der Waals surface area contributed by atoms with Crippen LogP contribution in [0, 0.1) is 0 Å². The van der Waals surface area contributed by atoms with Crippen molar-refractivity contribution in [2.24, 2.45) is 0 Å². The highest BCUT2D eigenvalue weighted by Gasteiger charge is 2.15. The molecule has 0 spiro atoms. The molecule has 2 aromatic rings. The summed E-state index contributed by atoms with van der Waals surface area (Å²) in [6, 6.07) is 8.12. The lowest BCUT2D eigenvalue weighted by Crippen LogP contribution is -1.99. The van der Waals surface area contributed by atoms with E-state index in [0.717, 1.165) is 0 Å². The van der Waals surface area contributed by atoms with Crippen LogP contribution in [0.25, 0.3) is 12.2 Å². The minimum atomic E-state index is -0.491. The number of carbonyl (C=O) groups is 2. The van der Waals surface area contributed by atoms with Gasteiger partial charge in [-0.25, -0.2) is 9.59 Å². The second-order valence-electron chi connectivity index (χ2n) is 6.25. The molecule has 0 saturated carbocycles. The molecule has 0 heterocycles. The first-order valence-corrected chi connectivity index (χ1v) is 9.88. The number of methoxy groups -OCH3 is 2. The Morgan fingerprint density at radius 1 is 0.781 bits per heavy atom. The van der Waals surface area contributed by atoms with Crippen LogP contribution in [0.2, 0.25) is 0 Å². The lowest BCUT2D eigenvalue weighted by molar-refractivity contribution is -0.138. The molecule has 0 saturated heterocycles. The fourth-order valence-corrected chi connectivity index (χ4v) is 2.63. The SMILES string of the molecule is CCOC(=O)/C=C/c1ccc(Oc2cc(/C=C/C(=O)OCC)cc(OC)c2O)c(OC)c1. The summed E-state index contributed by atoms with van der Waals surface area (Å²) in [5.41, 5.74) is 1.24. The Morgan fingerprint density at radius 3 is 1.88 bits per heavy atom. The Labute approximate surface area is 186 Å². The van der Waals surface area contributed by atoms with E-state index in [1.807, 2.05) is 0 Å². The summed E-state index contributed by atoms with van der Waals surface area (Å²) in [6.07, 6.45) is 5.69. The molecule has 2 aromatic carbocycles. The van der Waals surface area contributed by atoms with Crippen LogP contribution in [0.15, 0.2) is 42.5 Å². The molecule has 0 unspecified atom stereocenters. The molecule has 8 heteroatoms. The topological polar surface area (TPSA) is 101 Å². The lowest BCUT2D eigenvalue weighted by atomic mass is 10.1. The summed E-state index contributed by atoms with van der Waals surface area (Å²) in [7, 11) is 2.88. The molecule has 170 valence electrons. The summed E-state index contributed by atoms with van der Waals surface area (Å²) in [4.78, 5) is 23.1. The molecule has 8 nitrogen and oxygen atoms in total. The quantitative estimate of drug-likeness (QED) is 0.428. The molecule has 2 rings (SSSR count). The van der Waals surface area contributed by atoms with Gasteiger partial charge in [-0.05, 0) is 61.4 Å². The Balaban J connectivity index is 2.33. The van der Waals surface area contributed by atoms with Crippen molar-refractivity contribution in [3.8, 4) is 28.7 Å². The fraction of sp³-hybridized carbons (Fsp3) is 0.250. The van der Waals surface area contributed by atoms with Gasteiger partial charge in [0.15, 0.2) is 23.0 Å². The van der Waals surface area contributed by atoms with Gasteiger partial charge in [-0.15, -0.1) is 0 Å². The summed E-state index contributed by atoms with van der Waals surface area (Å²) >= 11 is 0. The van der Waals surface area contributed by atoms with Crippen molar-refractivity contribution in [1.29, 1.82) is 0 Å². The third-order valence-electron chi connectivity index (χ3n) is 4.09. The Hall–Kier alpha value is -3.94. The molecule has 0 bridgehead atoms.